The molecule has 1 aliphatic rings. The van der Waals surface area contributed by atoms with Gasteiger partial charge in [-0.2, -0.15) is 0 Å². The van der Waals surface area contributed by atoms with Gasteiger partial charge in [0.25, 0.3) is 0 Å². The van der Waals surface area contributed by atoms with E-state index < -0.39 is 0 Å². The van der Waals surface area contributed by atoms with Crippen molar-refractivity contribution in [3.05, 3.63) is 169 Å². The first-order chi connectivity index (χ1) is 27.0. The lowest BCUT2D eigenvalue weighted by molar-refractivity contribution is 0.661. The largest absolute Gasteiger partial charge is 0.455 e. The van der Waals surface area contributed by atoms with Crippen LogP contribution in [-0.2, 0) is 5.41 Å². The van der Waals surface area contributed by atoms with E-state index in [1.54, 1.807) is 11.3 Å². The predicted molar refractivity (Wildman–Crippen MR) is 225 cm³/mol. The standard InChI is InChI=1S/C49H32N4OS/c1-49(2)38-25-22-32(26-36(38)37-27-40-42(28-39(37)49)55-48(50-40)31-18-10-5-11-19-31)33-23-24-35(43-34-20-12-13-21-41(34)54-44(33)43)47-52-45(29-14-6-3-7-15-29)51-46(53-47)30-16-8-4-9-17-30/h3-28H,1-2H3. The molecular weight excluding hydrogens is 693 g/mol. The van der Waals surface area contributed by atoms with Gasteiger partial charge in [0.15, 0.2) is 17.5 Å². The Morgan fingerprint density at radius 2 is 1.07 bits per heavy atom. The van der Waals surface area contributed by atoms with Gasteiger partial charge in [-0.15, -0.1) is 11.3 Å². The molecule has 0 spiro atoms. The van der Waals surface area contributed by atoms with Crippen molar-refractivity contribution in [1.82, 2.24) is 19.9 Å². The molecule has 0 fully saturated rings. The number of furan rings is 1. The van der Waals surface area contributed by atoms with Gasteiger partial charge in [0.2, 0.25) is 0 Å². The average molecular weight is 725 g/mol. The summed E-state index contributed by atoms with van der Waals surface area (Å²) in [5.41, 5.74) is 13.6. The number of fused-ring (bicyclic) bond motifs is 7. The maximum Gasteiger partial charge on any atom is 0.164 e. The van der Waals surface area contributed by atoms with E-state index in [0.717, 1.165) is 65.8 Å². The van der Waals surface area contributed by atoms with Crippen molar-refractivity contribution in [2.75, 3.05) is 0 Å². The summed E-state index contributed by atoms with van der Waals surface area (Å²) in [7, 11) is 0. The van der Waals surface area contributed by atoms with Gasteiger partial charge in [-0.05, 0) is 64.2 Å². The lowest BCUT2D eigenvalue weighted by Gasteiger charge is -2.21. The van der Waals surface area contributed by atoms with Crippen LogP contribution in [0.3, 0.4) is 0 Å². The molecule has 0 atom stereocenters. The van der Waals surface area contributed by atoms with Crippen molar-refractivity contribution in [1.29, 1.82) is 0 Å². The third kappa shape index (κ3) is 5.06. The van der Waals surface area contributed by atoms with Gasteiger partial charge in [-0.3, -0.25) is 0 Å². The fourth-order valence-corrected chi connectivity index (χ4v) is 9.21. The SMILES string of the molecule is CC1(C)c2ccc(-c3ccc(-c4nc(-c5ccccc5)nc(-c5ccccc5)n4)c4c3oc3ccccc34)cc2-c2cc3nc(-c4ccccc4)sc3cc21. The molecule has 0 aliphatic heterocycles. The van der Waals surface area contributed by atoms with E-state index in [1.165, 1.54) is 27.0 Å². The summed E-state index contributed by atoms with van der Waals surface area (Å²) in [6.07, 6.45) is 0. The van der Waals surface area contributed by atoms with Gasteiger partial charge in [0.1, 0.15) is 16.2 Å². The van der Waals surface area contributed by atoms with Crippen molar-refractivity contribution in [3.63, 3.8) is 0 Å². The minimum atomic E-state index is -0.154. The zero-order valence-corrected chi connectivity index (χ0v) is 30.9. The first-order valence-electron chi connectivity index (χ1n) is 18.5. The van der Waals surface area contributed by atoms with Crippen molar-refractivity contribution in [2.45, 2.75) is 19.3 Å². The Balaban J connectivity index is 1.10. The van der Waals surface area contributed by atoms with Crippen LogP contribution in [0.5, 0.6) is 0 Å². The fourth-order valence-electron chi connectivity index (χ4n) is 8.21. The van der Waals surface area contributed by atoms with Crippen molar-refractivity contribution in [2.24, 2.45) is 0 Å². The molecule has 0 saturated carbocycles. The lowest BCUT2D eigenvalue weighted by Crippen LogP contribution is -2.14. The second-order valence-electron chi connectivity index (χ2n) is 14.6. The second kappa shape index (κ2) is 12.1. The van der Waals surface area contributed by atoms with E-state index in [1.807, 2.05) is 78.9 Å². The van der Waals surface area contributed by atoms with E-state index in [4.69, 9.17) is 24.4 Å². The highest BCUT2D eigenvalue weighted by Gasteiger charge is 2.36. The van der Waals surface area contributed by atoms with Crippen LogP contribution in [0, 0.1) is 0 Å². The van der Waals surface area contributed by atoms with Gasteiger partial charge >= 0.3 is 0 Å². The molecule has 3 heterocycles. The summed E-state index contributed by atoms with van der Waals surface area (Å²) < 4.78 is 7.99. The normalized spacial score (nSPS) is 13.1. The van der Waals surface area contributed by atoms with Crippen LogP contribution in [0.1, 0.15) is 25.0 Å². The molecule has 5 nitrogen and oxygen atoms in total. The third-order valence-corrected chi connectivity index (χ3v) is 12.0. The fraction of sp³-hybridized carbons (Fsp3) is 0.0612. The minimum absolute atomic E-state index is 0.154. The van der Waals surface area contributed by atoms with Crippen molar-refractivity contribution < 1.29 is 4.42 Å². The summed E-state index contributed by atoms with van der Waals surface area (Å²) in [5, 5.41) is 3.05. The Kier molecular flexibility index (Phi) is 7.00. The van der Waals surface area contributed by atoms with E-state index in [2.05, 4.69) is 92.7 Å². The van der Waals surface area contributed by atoms with Gasteiger partial charge < -0.3 is 4.42 Å². The summed E-state index contributed by atoms with van der Waals surface area (Å²) in [6.45, 7) is 4.66. The maximum atomic E-state index is 6.78. The Hall–Kier alpha value is -6.76. The van der Waals surface area contributed by atoms with Crippen LogP contribution in [0.25, 0.3) is 99.1 Å². The smallest absolute Gasteiger partial charge is 0.164 e. The molecule has 0 amide bonds. The third-order valence-electron chi connectivity index (χ3n) is 11.0. The summed E-state index contributed by atoms with van der Waals surface area (Å²) in [4.78, 5) is 20.3. The first-order valence-corrected chi connectivity index (χ1v) is 19.3. The highest BCUT2D eigenvalue weighted by Crippen LogP contribution is 2.52. The molecular formula is C49H32N4OS. The van der Waals surface area contributed by atoms with E-state index >= 15 is 0 Å². The van der Waals surface area contributed by atoms with Crippen LogP contribution < -0.4 is 0 Å². The van der Waals surface area contributed by atoms with Gasteiger partial charge in [-0.1, -0.05) is 135 Å². The first kappa shape index (κ1) is 31.7. The number of nitrogens with zero attached hydrogens (tertiary/aromatic N) is 4. The molecule has 0 N–H and O–H groups in total. The Bertz CT molecular complexity index is 3050. The van der Waals surface area contributed by atoms with Crippen LogP contribution in [0.2, 0.25) is 0 Å². The Labute approximate surface area is 321 Å². The number of aromatic nitrogens is 4. The zero-order chi connectivity index (χ0) is 36.7. The van der Waals surface area contributed by atoms with E-state index in [-0.39, 0.29) is 5.41 Å². The topological polar surface area (TPSA) is 64.7 Å². The number of benzene rings is 7. The van der Waals surface area contributed by atoms with Crippen LogP contribution in [0.15, 0.2) is 162 Å². The highest BCUT2D eigenvalue weighted by atomic mass is 32.1. The molecule has 3 aromatic heterocycles. The molecule has 10 aromatic rings. The average Bonchev–Trinajstić information content (AvgIpc) is 3.91. The quantitative estimate of drug-likeness (QED) is 0.177. The monoisotopic (exact) mass is 724 g/mol. The van der Waals surface area contributed by atoms with E-state index in [0.29, 0.717) is 17.5 Å². The molecule has 1 aliphatic carbocycles. The lowest BCUT2D eigenvalue weighted by atomic mass is 9.82. The van der Waals surface area contributed by atoms with Gasteiger partial charge in [-0.25, -0.2) is 19.9 Å². The zero-order valence-electron chi connectivity index (χ0n) is 30.1. The summed E-state index contributed by atoms with van der Waals surface area (Å²) in [5.74, 6) is 1.85. The van der Waals surface area contributed by atoms with E-state index in [9.17, 15) is 0 Å². The van der Waals surface area contributed by atoms with Gasteiger partial charge in [0, 0.05) is 44.0 Å². The Morgan fingerprint density at radius 3 is 1.78 bits per heavy atom. The molecule has 0 unspecified atom stereocenters. The Morgan fingerprint density at radius 1 is 0.473 bits per heavy atom. The molecule has 6 heteroatoms. The maximum absolute atomic E-state index is 6.78. The second-order valence-corrected chi connectivity index (χ2v) is 15.7. The van der Waals surface area contributed by atoms with Crippen molar-refractivity contribution in [3.8, 4) is 67.0 Å². The minimum Gasteiger partial charge on any atom is -0.455 e. The summed E-state index contributed by atoms with van der Waals surface area (Å²) in [6, 6.07) is 54.7. The molecule has 0 bridgehead atoms. The molecule has 55 heavy (non-hydrogen) atoms. The molecule has 0 radical (unpaired) electrons. The van der Waals surface area contributed by atoms with Crippen LogP contribution >= 0.6 is 11.3 Å². The number of thiazole rings is 1. The molecule has 260 valence electrons. The molecule has 11 rings (SSSR count). The predicted octanol–water partition coefficient (Wildman–Crippen LogP) is 13.0. The van der Waals surface area contributed by atoms with Crippen LogP contribution in [-0.4, -0.2) is 19.9 Å². The highest BCUT2D eigenvalue weighted by molar-refractivity contribution is 7.21. The summed E-state index contributed by atoms with van der Waals surface area (Å²) >= 11 is 1.76. The van der Waals surface area contributed by atoms with Crippen molar-refractivity contribution >= 4 is 43.5 Å². The number of para-hydroxylation sites is 1. The number of rotatable bonds is 5. The molecule has 7 aromatic carbocycles. The molecule has 0 saturated heterocycles. The number of hydrogen-bond acceptors (Lipinski definition) is 6. The van der Waals surface area contributed by atoms with Gasteiger partial charge in [0.05, 0.1) is 10.2 Å². The van der Waals surface area contributed by atoms with Crippen LogP contribution in [0.4, 0.5) is 0 Å². The number of hydrogen-bond donors (Lipinski definition) is 0.